The van der Waals surface area contributed by atoms with E-state index >= 15 is 0 Å². The first-order valence-corrected chi connectivity index (χ1v) is 11.5. The monoisotopic (exact) mass is 430 g/mol. The van der Waals surface area contributed by atoms with E-state index in [0.717, 1.165) is 0 Å². The zero-order chi connectivity index (χ0) is 22.2. The third kappa shape index (κ3) is 10.2. The van der Waals surface area contributed by atoms with Gasteiger partial charge < -0.3 is 28.7 Å². The van der Waals surface area contributed by atoms with Crippen LogP contribution in [0.25, 0.3) is 0 Å². The zero-order valence-corrected chi connectivity index (χ0v) is 19.4. The van der Waals surface area contributed by atoms with Crippen LogP contribution in [0.2, 0.25) is 0 Å². The van der Waals surface area contributed by atoms with Crippen molar-refractivity contribution >= 4 is 11.8 Å². The van der Waals surface area contributed by atoms with E-state index in [4.69, 9.17) is 18.9 Å². The summed E-state index contributed by atoms with van der Waals surface area (Å²) in [4.78, 5) is 29.1. The maximum atomic E-state index is 12.8. The van der Waals surface area contributed by atoms with Gasteiger partial charge >= 0.3 is 0 Å². The molecular formula is C22H42N2O6. The lowest BCUT2D eigenvalue weighted by Gasteiger charge is -2.30. The van der Waals surface area contributed by atoms with Gasteiger partial charge in [0.2, 0.25) is 11.8 Å². The molecule has 176 valence electrons. The lowest BCUT2D eigenvalue weighted by atomic mass is 10.0. The van der Waals surface area contributed by atoms with Crippen molar-refractivity contribution in [1.82, 2.24) is 9.80 Å². The second kappa shape index (κ2) is 16.5. The summed E-state index contributed by atoms with van der Waals surface area (Å²) < 4.78 is 23.3. The molecule has 0 aromatic carbocycles. The Bertz CT molecular complexity index is 427. The van der Waals surface area contributed by atoms with Gasteiger partial charge in [0.25, 0.3) is 0 Å². The molecule has 0 aromatic rings. The number of carbonyl (C=O) groups excluding carboxylic acids is 2. The van der Waals surface area contributed by atoms with E-state index in [9.17, 15) is 9.59 Å². The van der Waals surface area contributed by atoms with E-state index in [1.165, 1.54) is 0 Å². The molecule has 0 N–H and O–H groups in total. The molecule has 0 spiro atoms. The van der Waals surface area contributed by atoms with Gasteiger partial charge in [-0.15, -0.1) is 0 Å². The fourth-order valence-corrected chi connectivity index (χ4v) is 3.46. The minimum absolute atomic E-state index is 0.0228. The fourth-order valence-electron chi connectivity index (χ4n) is 3.46. The van der Waals surface area contributed by atoms with Crippen LogP contribution in [0, 0.1) is 0 Å². The highest BCUT2D eigenvalue weighted by Gasteiger charge is 2.30. The summed E-state index contributed by atoms with van der Waals surface area (Å²) in [5.41, 5.74) is 0. The molecule has 0 saturated carbocycles. The van der Waals surface area contributed by atoms with Crippen LogP contribution in [0.15, 0.2) is 0 Å². The molecule has 1 aliphatic heterocycles. The van der Waals surface area contributed by atoms with Gasteiger partial charge in [-0.05, 0) is 40.5 Å². The molecule has 0 unspecified atom stereocenters. The number of nitrogens with zero attached hydrogens (tertiary/aromatic N) is 2. The molecular weight excluding hydrogens is 388 g/mol. The van der Waals surface area contributed by atoms with E-state index in [2.05, 4.69) is 0 Å². The number of hydrogen-bond donors (Lipinski definition) is 0. The summed E-state index contributed by atoms with van der Waals surface area (Å²) in [5.74, 6) is 0.0455. The first kappa shape index (κ1) is 26.8. The van der Waals surface area contributed by atoms with Crippen molar-refractivity contribution in [1.29, 1.82) is 0 Å². The quantitative estimate of drug-likeness (QED) is 0.587. The molecule has 1 rings (SSSR count). The van der Waals surface area contributed by atoms with Gasteiger partial charge in [0.15, 0.2) is 0 Å². The van der Waals surface area contributed by atoms with Gasteiger partial charge in [0.05, 0.1) is 38.3 Å². The van der Waals surface area contributed by atoms with Crippen LogP contribution in [0.5, 0.6) is 0 Å². The minimum atomic E-state index is -0.471. The lowest BCUT2D eigenvalue weighted by Crippen LogP contribution is -2.43. The molecule has 0 aliphatic carbocycles. The average Bonchev–Trinajstić information content (AvgIpc) is 2.74. The molecule has 0 aromatic heterocycles. The van der Waals surface area contributed by atoms with Crippen molar-refractivity contribution in [2.75, 3.05) is 65.8 Å². The Morgan fingerprint density at radius 1 is 0.633 bits per heavy atom. The van der Waals surface area contributed by atoms with Crippen molar-refractivity contribution in [3.63, 3.8) is 0 Å². The number of carbonyl (C=O) groups is 2. The Labute approximate surface area is 182 Å². The summed E-state index contributed by atoms with van der Waals surface area (Å²) in [7, 11) is 0. The Morgan fingerprint density at radius 2 is 1.00 bits per heavy atom. The first-order valence-electron chi connectivity index (χ1n) is 11.5. The Balaban J connectivity index is 2.92. The summed E-state index contributed by atoms with van der Waals surface area (Å²) in [6.45, 7) is 13.6. The van der Waals surface area contributed by atoms with E-state index < -0.39 is 12.2 Å². The van der Waals surface area contributed by atoms with Gasteiger partial charge in [-0.3, -0.25) is 9.59 Å². The molecule has 1 fully saturated rings. The smallest absolute Gasteiger partial charge is 0.225 e. The van der Waals surface area contributed by atoms with Crippen LogP contribution >= 0.6 is 0 Å². The summed E-state index contributed by atoms with van der Waals surface area (Å²) >= 11 is 0. The van der Waals surface area contributed by atoms with E-state index in [-0.39, 0.29) is 24.7 Å². The van der Waals surface area contributed by atoms with Crippen LogP contribution < -0.4 is 0 Å². The van der Waals surface area contributed by atoms with E-state index in [0.29, 0.717) is 78.7 Å². The Kier molecular flexibility index (Phi) is 14.7. The molecule has 30 heavy (non-hydrogen) atoms. The van der Waals surface area contributed by atoms with Crippen LogP contribution in [-0.4, -0.2) is 99.6 Å². The molecule has 0 bridgehead atoms. The van der Waals surface area contributed by atoms with Crippen molar-refractivity contribution in [2.45, 2.75) is 65.6 Å². The van der Waals surface area contributed by atoms with Gasteiger partial charge in [-0.2, -0.15) is 0 Å². The average molecular weight is 431 g/mol. The van der Waals surface area contributed by atoms with Gasteiger partial charge in [-0.1, -0.05) is 0 Å². The predicted molar refractivity (Wildman–Crippen MR) is 115 cm³/mol. The molecule has 2 amide bonds. The third-order valence-electron chi connectivity index (χ3n) is 5.30. The standard InChI is InChI=1S/C22H42N2O6/c1-5-23(6-2)21(25)17-19-20(18-22(26)24(7-3)8-4)30-14-10-12-28-16-15-27-11-9-13-29-19/h19-20H,5-18H2,1-4H3/t19-,20-/m0/s1. The Morgan fingerprint density at radius 3 is 1.33 bits per heavy atom. The molecule has 8 nitrogen and oxygen atoms in total. The maximum Gasteiger partial charge on any atom is 0.225 e. The van der Waals surface area contributed by atoms with Crippen molar-refractivity contribution in [2.24, 2.45) is 0 Å². The second-order valence-corrected chi connectivity index (χ2v) is 7.29. The van der Waals surface area contributed by atoms with Crippen LogP contribution in [-0.2, 0) is 28.5 Å². The number of amides is 2. The van der Waals surface area contributed by atoms with Crippen molar-refractivity contribution in [3.05, 3.63) is 0 Å². The fraction of sp³-hybridized carbons (Fsp3) is 0.909. The number of ether oxygens (including phenoxy) is 4. The van der Waals surface area contributed by atoms with Crippen LogP contribution in [0.1, 0.15) is 53.4 Å². The lowest BCUT2D eigenvalue weighted by molar-refractivity contribution is -0.147. The molecule has 1 heterocycles. The minimum Gasteiger partial charge on any atom is -0.379 e. The normalized spacial score (nSPS) is 22.1. The third-order valence-corrected chi connectivity index (χ3v) is 5.30. The second-order valence-electron chi connectivity index (χ2n) is 7.29. The van der Waals surface area contributed by atoms with Gasteiger partial charge in [0, 0.05) is 52.6 Å². The van der Waals surface area contributed by atoms with Gasteiger partial charge in [-0.25, -0.2) is 0 Å². The first-order chi connectivity index (χ1) is 14.6. The summed E-state index contributed by atoms with van der Waals surface area (Å²) in [6.07, 6.45) is 0.895. The highest BCUT2D eigenvalue weighted by atomic mass is 16.5. The maximum absolute atomic E-state index is 12.8. The van der Waals surface area contributed by atoms with Crippen molar-refractivity contribution in [3.8, 4) is 0 Å². The number of hydrogen-bond acceptors (Lipinski definition) is 6. The van der Waals surface area contributed by atoms with Crippen LogP contribution in [0.4, 0.5) is 0 Å². The van der Waals surface area contributed by atoms with Gasteiger partial charge in [0.1, 0.15) is 0 Å². The van der Waals surface area contributed by atoms with Crippen molar-refractivity contribution < 1.29 is 28.5 Å². The SMILES string of the molecule is CCN(CC)C(=O)C[C@@H]1OCCCOCCOCCCO[C@H]1CC(=O)N(CC)CC. The molecule has 8 heteroatoms. The highest BCUT2D eigenvalue weighted by Crippen LogP contribution is 2.17. The summed E-state index contributed by atoms with van der Waals surface area (Å²) in [6, 6.07) is 0. The topological polar surface area (TPSA) is 77.5 Å². The highest BCUT2D eigenvalue weighted by molar-refractivity contribution is 5.78. The van der Waals surface area contributed by atoms with Crippen LogP contribution in [0.3, 0.4) is 0 Å². The molecule has 1 aliphatic rings. The van der Waals surface area contributed by atoms with E-state index in [1.54, 1.807) is 9.80 Å². The Hall–Kier alpha value is -1.22. The largest absolute Gasteiger partial charge is 0.379 e. The number of rotatable bonds is 8. The molecule has 1 saturated heterocycles. The summed E-state index contributed by atoms with van der Waals surface area (Å²) in [5, 5.41) is 0. The zero-order valence-electron chi connectivity index (χ0n) is 19.4. The molecule has 0 radical (unpaired) electrons. The van der Waals surface area contributed by atoms with E-state index in [1.807, 2.05) is 27.7 Å². The molecule has 2 atom stereocenters. The predicted octanol–water partition coefficient (Wildman–Crippen LogP) is 2.10.